The first-order valence-electron chi connectivity index (χ1n) is 1.57. The third kappa shape index (κ3) is 23.5. The molecule has 0 bridgehead atoms. The molecule has 37 valence electrons. The first kappa shape index (κ1) is 15.7. The van der Waals surface area contributed by atoms with E-state index < -0.39 is 6.10 Å². The summed E-state index contributed by atoms with van der Waals surface area (Å²) in [6.45, 7) is 6.62. The molecule has 3 heteroatoms. The average Bonchev–Trinajstić information content (AvgIpc) is 1.38. The van der Waals surface area contributed by atoms with Gasteiger partial charge in [-0.05, 0) is 0 Å². The number of aliphatic hydroxyl groups is 1. The standard InChI is InChI=1S/C4H8O.Rf.Y/c1-3-4(2)5;;/h4-5H,1-3H2;;/q-2;;. The van der Waals surface area contributed by atoms with Crippen LogP contribution in [0, 0.1) is 13.8 Å². The molecular weight excluding hydrogens is 420 g/mol. The third-order valence-electron chi connectivity index (χ3n) is 0.333. The fourth-order valence-electron chi connectivity index (χ4n) is 0. The van der Waals surface area contributed by atoms with Gasteiger partial charge in [-0.15, -0.1) is 0 Å². The predicted molar refractivity (Wildman–Crippen MR) is 21.3 cm³/mol. The Morgan fingerprint density at radius 1 is 1.57 bits per heavy atom. The summed E-state index contributed by atoms with van der Waals surface area (Å²) in [5, 5.41) is 8.19. The maximum absolute atomic E-state index is 8.19. The van der Waals surface area contributed by atoms with E-state index >= 15 is 0 Å². The Morgan fingerprint density at radius 2 is 1.71 bits per heavy atom. The predicted octanol–water partition coefficient (Wildman–Crippen LogP) is 0.403. The van der Waals surface area contributed by atoms with Crippen molar-refractivity contribution in [2.24, 2.45) is 0 Å². The second-order valence-electron chi connectivity index (χ2n) is 0.942. The molecule has 0 fully saturated rings. The van der Waals surface area contributed by atoms with E-state index in [1.165, 1.54) is 0 Å². The van der Waals surface area contributed by atoms with Gasteiger partial charge >= 0.3 is 0 Å². The fourth-order valence-corrected chi connectivity index (χ4v) is 0. The summed E-state index contributed by atoms with van der Waals surface area (Å²) in [7, 11) is 0. The molecule has 1 unspecified atom stereocenters. The molecular formula is C4H8ORfY-2. The number of rotatable bonds is 1. The van der Waals surface area contributed by atoms with Gasteiger partial charge in [0.25, 0.3) is 0 Å². The summed E-state index contributed by atoms with van der Waals surface area (Å²) in [6.07, 6.45) is 0.0231. The molecule has 0 spiro atoms. The van der Waals surface area contributed by atoms with Gasteiger partial charge in [0.05, 0.1) is 0 Å². The Bertz CT molecular complexity index is 25.7. The minimum Gasteiger partial charge on any atom is -0.428 e. The van der Waals surface area contributed by atoms with E-state index in [2.05, 4.69) is 13.8 Å². The Labute approximate surface area is 64.0 Å². The van der Waals surface area contributed by atoms with Crippen molar-refractivity contribution in [3.63, 3.8) is 0 Å². The average molecular weight is 428 g/mol. The molecule has 0 aliphatic carbocycles. The number of aliphatic hydroxyl groups excluding tert-OH is 1. The third-order valence-corrected chi connectivity index (χ3v) is 0.333. The minimum atomic E-state index is -0.477. The Balaban J connectivity index is -0.0000000800. The maximum Gasteiger partial charge on any atom is 0 e. The molecule has 1 nitrogen and oxygen atoms in total. The molecule has 1 N–H and O–H groups in total. The number of hydrogen-bond acceptors (Lipinski definition) is 1. The zero-order valence-corrected chi connectivity index (χ0v) is 13.7. The van der Waals surface area contributed by atoms with Crippen molar-refractivity contribution in [1.29, 1.82) is 0 Å². The Morgan fingerprint density at radius 3 is 1.71 bits per heavy atom. The summed E-state index contributed by atoms with van der Waals surface area (Å²) in [4.78, 5) is 0. The first-order valence-corrected chi connectivity index (χ1v) is 1.57. The normalized spacial score (nSPS) is 10.7. The molecule has 0 aromatic heterocycles. The van der Waals surface area contributed by atoms with Gasteiger partial charge in [0.15, 0.2) is 0 Å². The molecule has 0 rings (SSSR count). The van der Waals surface area contributed by atoms with Crippen molar-refractivity contribution < 1.29 is 37.8 Å². The SMILES string of the molecule is [CH2-]CC([CH2-])O.[Rf].[Y]. The van der Waals surface area contributed by atoms with E-state index in [1.54, 1.807) is 0 Å². The summed E-state index contributed by atoms with van der Waals surface area (Å²) in [6, 6.07) is 0. The van der Waals surface area contributed by atoms with E-state index in [0.717, 1.165) is 0 Å². The van der Waals surface area contributed by atoms with Gasteiger partial charge < -0.3 is 19.0 Å². The molecule has 0 aromatic carbocycles. The van der Waals surface area contributed by atoms with E-state index in [4.69, 9.17) is 5.11 Å². The molecule has 0 aromatic rings. The van der Waals surface area contributed by atoms with Gasteiger partial charge in [-0.25, -0.2) is 0 Å². The fraction of sp³-hybridized carbons (Fsp3) is 0.500. The minimum absolute atomic E-state index is 0. The van der Waals surface area contributed by atoms with Crippen LogP contribution in [0.4, 0.5) is 0 Å². The zero-order valence-electron chi connectivity index (χ0n) is 4.43. The molecule has 0 amide bonds. The van der Waals surface area contributed by atoms with Crippen LogP contribution < -0.4 is 0 Å². The van der Waals surface area contributed by atoms with Gasteiger partial charge in [0, 0.05) is 32.7 Å². The van der Waals surface area contributed by atoms with Crippen molar-refractivity contribution in [3.05, 3.63) is 13.8 Å². The molecule has 1 atom stereocenters. The number of hydrogen-bond donors (Lipinski definition) is 1. The zero-order chi connectivity index (χ0) is 4.28. The molecule has 0 saturated carbocycles. The largest absolute Gasteiger partial charge is 0.428 e. The van der Waals surface area contributed by atoms with E-state index in [0.29, 0.717) is 6.42 Å². The molecule has 0 heterocycles. The molecule has 0 aliphatic heterocycles. The van der Waals surface area contributed by atoms with Gasteiger partial charge in [0.1, 0.15) is 0 Å². The van der Waals surface area contributed by atoms with Gasteiger partial charge in [-0.3, -0.25) is 0 Å². The summed E-state index contributed by atoms with van der Waals surface area (Å²) < 4.78 is 0. The Kier molecular flexibility index (Phi) is 21.2. The van der Waals surface area contributed by atoms with Crippen molar-refractivity contribution >= 4 is 0 Å². The van der Waals surface area contributed by atoms with Crippen LogP contribution in [0.5, 0.6) is 0 Å². The van der Waals surface area contributed by atoms with Gasteiger partial charge in [0.2, 0.25) is 0 Å². The smallest absolute Gasteiger partial charge is 0 e. The topological polar surface area (TPSA) is 20.2 Å². The molecule has 7 heavy (non-hydrogen) atoms. The van der Waals surface area contributed by atoms with Gasteiger partial charge in [-0.1, -0.05) is 6.10 Å². The van der Waals surface area contributed by atoms with Crippen LogP contribution in [0.15, 0.2) is 0 Å². The van der Waals surface area contributed by atoms with E-state index in [-0.39, 0.29) is 32.7 Å². The van der Waals surface area contributed by atoms with Crippen LogP contribution in [0.1, 0.15) is 6.42 Å². The quantitative estimate of drug-likeness (QED) is 0.601. The second kappa shape index (κ2) is 9.42. The van der Waals surface area contributed by atoms with Crippen molar-refractivity contribution in [2.45, 2.75) is 12.5 Å². The Hall–Kier alpha value is 0.0639. The summed E-state index contributed by atoms with van der Waals surface area (Å²) >= 11 is 0. The molecule has 0 saturated heterocycles. The van der Waals surface area contributed by atoms with Gasteiger partial charge in [-0.2, -0.15) is 6.42 Å². The summed E-state index contributed by atoms with van der Waals surface area (Å²) in [5.41, 5.74) is 0. The maximum atomic E-state index is 8.19. The first-order chi connectivity index (χ1) is 2.27. The van der Waals surface area contributed by atoms with Crippen molar-refractivity contribution in [2.75, 3.05) is 0 Å². The van der Waals surface area contributed by atoms with E-state index in [9.17, 15) is 0 Å². The van der Waals surface area contributed by atoms with Crippen LogP contribution in [0.2, 0.25) is 0 Å². The van der Waals surface area contributed by atoms with Crippen LogP contribution in [0.3, 0.4) is 0 Å². The van der Waals surface area contributed by atoms with Crippen LogP contribution in [0.25, 0.3) is 0 Å². The molecule has 1 radical (unpaired) electrons. The van der Waals surface area contributed by atoms with Crippen molar-refractivity contribution in [1.82, 2.24) is 0 Å². The van der Waals surface area contributed by atoms with Crippen molar-refractivity contribution in [3.8, 4) is 0 Å². The van der Waals surface area contributed by atoms with Crippen LogP contribution in [-0.2, 0) is 32.7 Å². The monoisotopic (exact) mass is 428 g/mol. The van der Waals surface area contributed by atoms with Crippen LogP contribution in [-0.4, -0.2) is 11.2 Å². The van der Waals surface area contributed by atoms with E-state index in [1.807, 2.05) is 0 Å². The van der Waals surface area contributed by atoms with Crippen LogP contribution >= 0.6 is 0 Å². The summed E-state index contributed by atoms with van der Waals surface area (Å²) in [5.74, 6) is 0. The second-order valence-corrected chi connectivity index (χ2v) is 0.942. The molecule has 0 aliphatic rings.